The molecule has 164 valence electrons. The second-order valence-corrected chi connectivity index (χ2v) is 7.98. The molecule has 0 bridgehead atoms. The summed E-state index contributed by atoms with van der Waals surface area (Å²) in [6.07, 6.45) is 4.48. The molecule has 3 aliphatic rings. The second kappa shape index (κ2) is 8.81. The van der Waals surface area contributed by atoms with Crippen LogP contribution in [0, 0.1) is 0 Å². The lowest BCUT2D eigenvalue weighted by Crippen LogP contribution is -2.58. The molecular formula is C22H30N2O6. The van der Waals surface area contributed by atoms with Gasteiger partial charge in [0.25, 0.3) is 5.91 Å². The first-order chi connectivity index (χ1) is 14.6. The summed E-state index contributed by atoms with van der Waals surface area (Å²) in [5.74, 6) is 0.489. The van der Waals surface area contributed by atoms with E-state index in [0.29, 0.717) is 43.4 Å². The molecule has 30 heavy (non-hydrogen) atoms. The molecule has 0 radical (unpaired) electrons. The number of amides is 2. The molecule has 2 aliphatic heterocycles. The molecule has 1 aromatic rings. The van der Waals surface area contributed by atoms with Crippen molar-refractivity contribution in [1.29, 1.82) is 0 Å². The standard InChI is InChI=1S/C22H30N2O6/c1-27-17-7-6-8-18(28-2)19(17)21(26)24-16(20(25)23-11-13-29-14-12-23)15-30-22(24)9-4-3-5-10-22/h6-8,16H,3-5,9-15H2,1-2H3/t16-/m1/s1. The average Bonchev–Trinajstić information content (AvgIpc) is 3.16. The summed E-state index contributed by atoms with van der Waals surface area (Å²) in [7, 11) is 3.05. The number of ether oxygens (including phenoxy) is 4. The van der Waals surface area contributed by atoms with Gasteiger partial charge in [0.15, 0.2) is 0 Å². The third kappa shape index (κ3) is 3.63. The van der Waals surface area contributed by atoms with Crippen molar-refractivity contribution in [2.24, 2.45) is 0 Å². The summed E-state index contributed by atoms with van der Waals surface area (Å²) < 4.78 is 22.6. The number of morpholine rings is 1. The minimum Gasteiger partial charge on any atom is -0.496 e. The molecule has 1 saturated carbocycles. The van der Waals surface area contributed by atoms with E-state index in [-0.39, 0.29) is 18.4 Å². The monoisotopic (exact) mass is 418 g/mol. The summed E-state index contributed by atoms with van der Waals surface area (Å²) in [4.78, 5) is 30.8. The molecule has 0 unspecified atom stereocenters. The van der Waals surface area contributed by atoms with Gasteiger partial charge in [0, 0.05) is 13.1 Å². The Morgan fingerprint density at radius 2 is 1.67 bits per heavy atom. The van der Waals surface area contributed by atoms with Crippen molar-refractivity contribution in [3.63, 3.8) is 0 Å². The zero-order chi connectivity index (χ0) is 21.1. The molecule has 0 aromatic heterocycles. The highest BCUT2D eigenvalue weighted by Gasteiger charge is 2.54. The van der Waals surface area contributed by atoms with Gasteiger partial charge in [-0.25, -0.2) is 0 Å². The van der Waals surface area contributed by atoms with Crippen LogP contribution >= 0.6 is 0 Å². The molecule has 1 aromatic carbocycles. The first-order valence-corrected chi connectivity index (χ1v) is 10.7. The van der Waals surface area contributed by atoms with E-state index in [9.17, 15) is 9.59 Å². The van der Waals surface area contributed by atoms with Gasteiger partial charge in [-0.2, -0.15) is 0 Å². The van der Waals surface area contributed by atoms with Crippen molar-refractivity contribution in [2.45, 2.75) is 43.9 Å². The van der Waals surface area contributed by atoms with Crippen LogP contribution in [0.1, 0.15) is 42.5 Å². The Kier molecular flexibility index (Phi) is 6.15. The molecule has 8 heteroatoms. The number of hydrogen-bond acceptors (Lipinski definition) is 6. The number of carbonyl (C=O) groups excluding carboxylic acids is 2. The number of hydrogen-bond donors (Lipinski definition) is 0. The van der Waals surface area contributed by atoms with Gasteiger partial charge < -0.3 is 23.8 Å². The molecule has 1 atom stereocenters. The maximum absolute atomic E-state index is 14.0. The van der Waals surface area contributed by atoms with Crippen molar-refractivity contribution >= 4 is 11.8 Å². The van der Waals surface area contributed by atoms with E-state index >= 15 is 0 Å². The van der Waals surface area contributed by atoms with Gasteiger partial charge in [0.2, 0.25) is 5.91 Å². The number of rotatable bonds is 4. The lowest BCUT2D eigenvalue weighted by Gasteiger charge is -2.42. The average molecular weight is 418 g/mol. The van der Waals surface area contributed by atoms with Gasteiger partial charge in [-0.1, -0.05) is 12.5 Å². The largest absolute Gasteiger partial charge is 0.496 e. The summed E-state index contributed by atoms with van der Waals surface area (Å²) >= 11 is 0. The molecule has 0 N–H and O–H groups in total. The summed E-state index contributed by atoms with van der Waals surface area (Å²) in [5, 5.41) is 0. The van der Waals surface area contributed by atoms with Crippen LogP contribution in [0.15, 0.2) is 18.2 Å². The van der Waals surface area contributed by atoms with E-state index in [4.69, 9.17) is 18.9 Å². The Hall–Kier alpha value is -2.32. The fraction of sp³-hybridized carbons (Fsp3) is 0.636. The molecule has 1 aliphatic carbocycles. The molecule has 2 saturated heterocycles. The van der Waals surface area contributed by atoms with Crippen LogP contribution in [0.2, 0.25) is 0 Å². The Morgan fingerprint density at radius 3 is 2.27 bits per heavy atom. The Bertz CT molecular complexity index is 764. The Balaban J connectivity index is 1.73. The Morgan fingerprint density at radius 1 is 1.03 bits per heavy atom. The highest BCUT2D eigenvalue weighted by atomic mass is 16.5. The molecule has 8 nitrogen and oxygen atoms in total. The SMILES string of the molecule is COc1cccc(OC)c1C(=O)N1[C@@H](C(=O)N2CCOCC2)COC12CCCCC2. The third-order valence-electron chi connectivity index (χ3n) is 6.36. The number of methoxy groups -OCH3 is 2. The lowest BCUT2D eigenvalue weighted by molar-refractivity contribution is -0.141. The fourth-order valence-corrected chi connectivity index (χ4v) is 4.84. The lowest BCUT2D eigenvalue weighted by atomic mass is 9.89. The fourth-order valence-electron chi connectivity index (χ4n) is 4.84. The number of nitrogens with zero attached hydrogens (tertiary/aromatic N) is 2. The number of benzene rings is 1. The van der Waals surface area contributed by atoms with Crippen molar-refractivity contribution in [3.05, 3.63) is 23.8 Å². The van der Waals surface area contributed by atoms with E-state index in [2.05, 4.69) is 0 Å². The minimum atomic E-state index is -0.756. The quantitative estimate of drug-likeness (QED) is 0.745. The predicted octanol–water partition coefficient (Wildman–Crippen LogP) is 2.06. The van der Waals surface area contributed by atoms with Gasteiger partial charge >= 0.3 is 0 Å². The Labute approximate surface area is 177 Å². The van der Waals surface area contributed by atoms with Crippen LogP contribution in [0.5, 0.6) is 11.5 Å². The topological polar surface area (TPSA) is 77.5 Å². The van der Waals surface area contributed by atoms with E-state index in [0.717, 1.165) is 32.1 Å². The van der Waals surface area contributed by atoms with Crippen molar-refractivity contribution in [3.8, 4) is 11.5 Å². The predicted molar refractivity (Wildman–Crippen MR) is 109 cm³/mol. The van der Waals surface area contributed by atoms with Crippen LogP contribution in [0.4, 0.5) is 0 Å². The van der Waals surface area contributed by atoms with E-state index in [1.54, 1.807) is 28.0 Å². The zero-order valence-electron chi connectivity index (χ0n) is 17.7. The van der Waals surface area contributed by atoms with Crippen LogP contribution in [0.3, 0.4) is 0 Å². The van der Waals surface area contributed by atoms with Crippen molar-refractivity contribution in [2.75, 3.05) is 47.1 Å². The molecule has 3 fully saturated rings. The van der Waals surface area contributed by atoms with Crippen LogP contribution in [-0.2, 0) is 14.3 Å². The molecule has 2 heterocycles. The first kappa shape index (κ1) is 20.9. The summed E-state index contributed by atoms with van der Waals surface area (Å²) in [6.45, 7) is 2.29. The maximum Gasteiger partial charge on any atom is 0.264 e. The van der Waals surface area contributed by atoms with Crippen LogP contribution in [-0.4, -0.2) is 80.5 Å². The first-order valence-electron chi connectivity index (χ1n) is 10.7. The zero-order valence-corrected chi connectivity index (χ0v) is 17.7. The van der Waals surface area contributed by atoms with Crippen molar-refractivity contribution in [1.82, 2.24) is 9.80 Å². The van der Waals surface area contributed by atoms with E-state index < -0.39 is 11.8 Å². The normalized spacial score (nSPS) is 23.5. The third-order valence-corrected chi connectivity index (χ3v) is 6.36. The number of carbonyl (C=O) groups is 2. The molecular weight excluding hydrogens is 388 g/mol. The van der Waals surface area contributed by atoms with Gasteiger partial charge in [0.05, 0.1) is 34.0 Å². The summed E-state index contributed by atoms with van der Waals surface area (Å²) in [5.41, 5.74) is -0.425. The molecule has 1 spiro atoms. The second-order valence-electron chi connectivity index (χ2n) is 7.98. The molecule has 2 amide bonds. The highest BCUT2D eigenvalue weighted by molar-refractivity contribution is 6.02. The highest BCUT2D eigenvalue weighted by Crippen LogP contribution is 2.43. The van der Waals surface area contributed by atoms with E-state index in [1.807, 2.05) is 0 Å². The van der Waals surface area contributed by atoms with Crippen LogP contribution in [0.25, 0.3) is 0 Å². The summed E-state index contributed by atoms with van der Waals surface area (Å²) in [6, 6.07) is 4.59. The van der Waals surface area contributed by atoms with Crippen molar-refractivity contribution < 1.29 is 28.5 Å². The minimum absolute atomic E-state index is 0.0806. The van der Waals surface area contributed by atoms with Gasteiger partial charge in [-0.15, -0.1) is 0 Å². The van der Waals surface area contributed by atoms with Crippen LogP contribution < -0.4 is 9.47 Å². The maximum atomic E-state index is 14.0. The van der Waals surface area contributed by atoms with E-state index in [1.165, 1.54) is 14.2 Å². The van der Waals surface area contributed by atoms with Gasteiger partial charge in [0.1, 0.15) is 28.8 Å². The van der Waals surface area contributed by atoms with Gasteiger partial charge in [-0.3, -0.25) is 14.5 Å². The smallest absolute Gasteiger partial charge is 0.264 e. The van der Waals surface area contributed by atoms with Gasteiger partial charge in [-0.05, 0) is 37.8 Å². The molecule has 4 rings (SSSR count).